The summed E-state index contributed by atoms with van der Waals surface area (Å²) in [5, 5.41) is 10.6. The van der Waals surface area contributed by atoms with E-state index in [2.05, 4.69) is 31.2 Å². The van der Waals surface area contributed by atoms with Gasteiger partial charge in [-0.2, -0.15) is 0 Å². The van der Waals surface area contributed by atoms with Gasteiger partial charge in [-0.05, 0) is 0 Å². The molecule has 32 heavy (non-hydrogen) atoms. The Morgan fingerprint density at radius 3 is 2.41 bits per heavy atom. The van der Waals surface area contributed by atoms with Gasteiger partial charge in [0.1, 0.15) is 11.6 Å². The van der Waals surface area contributed by atoms with Crippen molar-refractivity contribution < 1.29 is 19.2 Å². The summed E-state index contributed by atoms with van der Waals surface area (Å²) in [6.45, 7) is 0.0723. The largest absolute Gasteiger partial charge is 0.382 e. The van der Waals surface area contributed by atoms with Crippen LogP contribution >= 0.6 is 0 Å². The Morgan fingerprint density at radius 2 is 1.78 bits per heavy atom. The van der Waals surface area contributed by atoms with Crippen molar-refractivity contribution in [3.05, 3.63) is 36.1 Å². The Hall–Kier alpha value is -4.36. The van der Waals surface area contributed by atoms with Crippen molar-refractivity contribution in [3.63, 3.8) is 0 Å². The number of aromatic nitrogens is 4. The number of aryl methyl sites for hydroxylation is 2. The van der Waals surface area contributed by atoms with Crippen LogP contribution in [0.2, 0.25) is 0 Å². The zero-order chi connectivity index (χ0) is 23.4. The third-order valence-corrected chi connectivity index (χ3v) is 4.53. The van der Waals surface area contributed by atoms with Crippen molar-refractivity contribution in [2.24, 2.45) is 14.1 Å². The van der Waals surface area contributed by atoms with Crippen molar-refractivity contribution in [1.29, 1.82) is 0 Å². The standard InChI is InChI=1S/C18H24N10O4/c1-26-7-11(22-13(26)9-29)25-18(32)16-24-12(8-28(16)3)23-14(30)4-5-20-17(31)15-21-10(19)6-27(15)2/h6-9,13,22H,4-5,19H2,1-3H3,(H,20,31)(H,23,30)(H,25,32). The number of carbonyl (C=O) groups excluding carboxylic acids is 4. The maximum atomic E-state index is 12.5. The maximum Gasteiger partial charge on any atom is 0.292 e. The highest BCUT2D eigenvalue weighted by Crippen LogP contribution is 2.10. The van der Waals surface area contributed by atoms with E-state index in [9.17, 15) is 19.2 Å². The molecule has 6 N–H and O–H groups in total. The van der Waals surface area contributed by atoms with Gasteiger partial charge in [0.05, 0.1) is 0 Å². The van der Waals surface area contributed by atoms with Crippen molar-refractivity contribution in [2.75, 3.05) is 24.6 Å². The number of nitrogens with zero attached hydrogens (tertiary/aromatic N) is 5. The molecule has 0 saturated carbocycles. The number of nitrogen functional groups attached to an aromatic ring is 1. The molecule has 2 aromatic heterocycles. The second-order valence-corrected chi connectivity index (χ2v) is 7.10. The molecule has 1 unspecified atom stereocenters. The molecule has 1 atom stereocenters. The Labute approximate surface area is 182 Å². The van der Waals surface area contributed by atoms with Crippen LogP contribution in [-0.4, -0.2) is 67.8 Å². The molecule has 14 heteroatoms. The minimum absolute atomic E-state index is 0.0139. The van der Waals surface area contributed by atoms with E-state index >= 15 is 0 Å². The third-order valence-electron chi connectivity index (χ3n) is 4.53. The van der Waals surface area contributed by atoms with Gasteiger partial charge >= 0.3 is 0 Å². The summed E-state index contributed by atoms with van der Waals surface area (Å²) in [6, 6.07) is 0. The van der Waals surface area contributed by atoms with Gasteiger partial charge in [0.15, 0.2) is 18.3 Å². The molecule has 14 nitrogen and oxygen atoms in total. The molecule has 3 amide bonds. The van der Waals surface area contributed by atoms with Gasteiger partial charge in [-0.25, -0.2) is 9.97 Å². The lowest BCUT2D eigenvalue weighted by molar-refractivity contribution is -0.116. The average Bonchev–Trinajstić information content (AvgIpc) is 3.37. The van der Waals surface area contributed by atoms with E-state index in [1.165, 1.54) is 21.5 Å². The smallest absolute Gasteiger partial charge is 0.292 e. The lowest BCUT2D eigenvalue weighted by Crippen LogP contribution is -2.38. The van der Waals surface area contributed by atoms with Crippen molar-refractivity contribution in [3.8, 4) is 0 Å². The first kappa shape index (κ1) is 22.3. The normalized spacial score (nSPS) is 15.0. The van der Waals surface area contributed by atoms with E-state index in [0.717, 1.165) is 0 Å². The number of nitrogens with two attached hydrogens (primary N) is 1. The highest BCUT2D eigenvalue weighted by atomic mass is 16.2. The Balaban J connectivity index is 1.50. The van der Waals surface area contributed by atoms with Crippen LogP contribution in [0.4, 0.5) is 11.6 Å². The number of amides is 3. The molecule has 3 heterocycles. The molecule has 170 valence electrons. The van der Waals surface area contributed by atoms with Crippen molar-refractivity contribution in [2.45, 2.75) is 12.6 Å². The van der Waals surface area contributed by atoms with Gasteiger partial charge in [-0.1, -0.05) is 0 Å². The van der Waals surface area contributed by atoms with Gasteiger partial charge in [0.25, 0.3) is 11.8 Å². The fourth-order valence-corrected chi connectivity index (χ4v) is 2.97. The highest BCUT2D eigenvalue weighted by Gasteiger charge is 2.23. The number of nitrogens with one attached hydrogen (secondary N) is 4. The minimum Gasteiger partial charge on any atom is -0.382 e. The topological polar surface area (TPSA) is 181 Å². The number of imidazole rings is 2. The summed E-state index contributed by atoms with van der Waals surface area (Å²) in [7, 11) is 4.93. The zero-order valence-electron chi connectivity index (χ0n) is 17.7. The van der Waals surface area contributed by atoms with Gasteiger partial charge in [0.2, 0.25) is 17.6 Å². The number of rotatable bonds is 8. The van der Waals surface area contributed by atoms with Crippen LogP contribution in [0.3, 0.4) is 0 Å². The summed E-state index contributed by atoms with van der Waals surface area (Å²) < 4.78 is 2.94. The summed E-state index contributed by atoms with van der Waals surface area (Å²) in [5.74, 6) is -0.414. The second-order valence-electron chi connectivity index (χ2n) is 7.10. The number of anilines is 2. The lowest BCUT2D eigenvalue weighted by Gasteiger charge is -2.13. The van der Waals surface area contributed by atoms with Crippen LogP contribution in [0, 0.1) is 0 Å². The first-order valence-corrected chi connectivity index (χ1v) is 9.55. The highest BCUT2D eigenvalue weighted by molar-refractivity contribution is 5.95. The maximum absolute atomic E-state index is 12.5. The van der Waals surface area contributed by atoms with Crippen molar-refractivity contribution in [1.82, 2.24) is 40.0 Å². The van der Waals surface area contributed by atoms with E-state index in [-0.39, 0.29) is 36.3 Å². The number of hydrogen-bond acceptors (Lipinski definition) is 9. The fraction of sp³-hybridized carbons (Fsp3) is 0.333. The van der Waals surface area contributed by atoms with Crippen LogP contribution in [-0.2, 0) is 23.7 Å². The summed E-state index contributed by atoms with van der Waals surface area (Å²) in [5.41, 5.74) is 5.54. The summed E-state index contributed by atoms with van der Waals surface area (Å²) in [4.78, 5) is 57.3. The fourth-order valence-electron chi connectivity index (χ4n) is 2.97. The number of carbonyl (C=O) groups is 4. The van der Waals surface area contributed by atoms with E-state index in [1.54, 1.807) is 32.2 Å². The molecule has 0 radical (unpaired) electrons. The van der Waals surface area contributed by atoms with Crippen LogP contribution in [0.25, 0.3) is 0 Å². The number of hydrogen-bond donors (Lipinski definition) is 5. The predicted molar refractivity (Wildman–Crippen MR) is 113 cm³/mol. The van der Waals surface area contributed by atoms with E-state index < -0.39 is 23.9 Å². The van der Waals surface area contributed by atoms with Crippen molar-refractivity contribution >= 4 is 35.6 Å². The summed E-state index contributed by atoms with van der Waals surface area (Å²) in [6.07, 6.45) is 4.71. The molecule has 0 saturated heterocycles. The molecule has 1 aliphatic rings. The van der Waals surface area contributed by atoms with E-state index in [4.69, 9.17) is 5.73 Å². The van der Waals surface area contributed by atoms with Gasteiger partial charge < -0.3 is 41.0 Å². The zero-order valence-corrected chi connectivity index (χ0v) is 17.7. The van der Waals surface area contributed by atoms with Crippen LogP contribution in [0.1, 0.15) is 27.7 Å². The number of likely N-dealkylation sites (N-methyl/N-ethyl adjacent to an activating group) is 1. The summed E-state index contributed by atoms with van der Waals surface area (Å²) >= 11 is 0. The van der Waals surface area contributed by atoms with E-state index in [1.807, 2.05) is 0 Å². The predicted octanol–water partition coefficient (Wildman–Crippen LogP) is -1.92. The molecule has 3 rings (SSSR count). The SMILES string of the molecule is CN1C=C(NC(=O)c2nc(NC(=O)CCNC(=O)c3nc(N)cn3C)cn2C)NC1C=O. The second kappa shape index (κ2) is 9.20. The molecule has 0 aliphatic carbocycles. The molecule has 0 aromatic carbocycles. The Bertz CT molecular complexity index is 1090. The van der Waals surface area contributed by atoms with Gasteiger partial charge in [-0.15, -0.1) is 0 Å². The van der Waals surface area contributed by atoms with Gasteiger partial charge in [0, 0.05) is 52.7 Å². The molecule has 0 bridgehead atoms. The third kappa shape index (κ3) is 5.03. The lowest BCUT2D eigenvalue weighted by atomic mass is 10.4. The molecule has 0 fully saturated rings. The Kier molecular flexibility index (Phi) is 6.42. The first-order chi connectivity index (χ1) is 15.2. The Morgan fingerprint density at radius 1 is 1.09 bits per heavy atom. The van der Waals surface area contributed by atoms with Crippen LogP contribution in [0.5, 0.6) is 0 Å². The minimum atomic E-state index is -0.559. The number of aldehydes is 1. The van der Waals surface area contributed by atoms with Crippen LogP contribution in [0.15, 0.2) is 24.4 Å². The van der Waals surface area contributed by atoms with Gasteiger partial charge in [-0.3, -0.25) is 19.2 Å². The first-order valence-electron chi connectivity index (χ1n) is 9.55. The molecule has 0 spiro atoms. The molecular formula is C18H24N10O4. The molecular weight excluding hydrogens is 420 g/mol. The monoisotopic (exact) mass is 444 g/mol. The van der Waals surface area contributed by atoms with E-state index in [0.29, 0.717) is 12.1 Å². The molecule has 2 aromatic rings. The average molecular weight is 444 g/mol. The van der Waals surface area contributed by atoms with Crippen LogP contribution < -0.4 is 27.0 Å². The quantitative estimate of drug-likeness (QED) is 0.290. The molecule has 1 aliphatic heterocycles.